The first kappa shape index (κ1) is 28.3. The van der Waals surface area contributed by atoms with Crippen LogP contribution in [-0.4, -0.2) is 25.9 Å². The monoisotopic (exact) mass is 577 g/mol. The van der Waals surface area contributed by atoms with Crippen LogP contribution in [0.1, 0.15) is 43.9 Å². The van der Waals surface area contributed by atoms with E-state index in [0.717, 1.165) is 27.9 Å². The lowest BCUT2D eigenvalue weighted by molar-refractivity contribution is 0.0947. The number of amides is 1. The van der Waals surface area contributed by atoms with Crippen LogP contribution in [0.3, 0.4) is 0 Å². The minimum atomic E-state index is -0.370. The summed E-state index contributed by atoms with van der Waals surface area (Å²) in [5.74, 6) is 1.13. The summed E-state index contributed by atoms with van der Waals surface area (Å²) in [5.41, 5.74) is 6.10. The topological polar surface area (TPSA) is 118 Å². The molecule has 0 unspecified atom stereocenters. The van der Waals surface area contributed by atoms with Crippen molar-refractivity contribution in [1.29, 1.82) is 5.26 Å². The van der Waals surface area contributed by atoms with Crippen LogP contribution in [0.25, 0.3) is 0 Å². The van der Waals surface area contributed by atoms with E-state index in [1.165, 1.54) is 6.20 Å². The number of nitriles is 1. The SMILES string of the molecule is Cc1cc(C)c(Oc2cc(Nc3ccc(C#N)cc3)ncc2C(=O)NCc2cn(Cc3ccccc3Cl)nn2)c(C)c1. The van der Waals surface area contributed by atoms with Gasteiger partial charge < -0.3 is 15.4 Å². The zero-order chi connectivity index (χ0) is 29.6. The number of nitrogens with one attached hydrogen (secondary N) is 2. The number of halogens is 1. The second kappa shape index (κ2) is 12.5. The number of aryl methyl sites for hydroxylation is 3. The van der Waals surface area contributed by atoms with Gasteiger partial charge in [0.25, 0.3) is 5.91 Å². The lowest BCUT2D eigenvalue weighted by Crippen LogP contribution is -2.24. The van der Waals surface area contributed by atoms with Gasteiger partial charge in [0.15, 0.2) is 0 Å². The minimum Gasteiger partial charge on any atom is -0.456 e. The molecule has 1 amide bonds. The second-order valence-electron chi connectivity index (χ2n) is 9.89. The van der Waals surface area contributed by atoms with Crippen LogP contribution in [0.5, 0.6) is 11.5 Å². The van der Waals surface area contributed by atoms with Crippen LogP contribution in [-0.2, 0) is 13.1 Å². The highest BCUT2D eigenvalue weighted by Crippen LogP contribution is 2.33. The maximum absolute atomic E-state index is 13.4. The Labute approximate surface area is 248 Å². The van der Waals surface area contributed by atoms with Gasteiger partial charge in [-0.15, -0.1) is 5.10 Å². The van der Waals surface area contributed by atoms with Crippen molar-refractivity contribution in [3.05, 3.63) is 123 Å². The summed E-state index contributed by atoms with van der Waals surface area (Å²) < 4.78 is 8.04. The highest BCUT2D eigenvalue weighted by molar-refractivity contribution is 6.31. The predicted octanol–water partition coefficient (Wildman–Crippen LogP) is 6.64. The molecule has 0 saturated heterocycles. The van der Waals surface area contributed by atoms with Crippen LogP contribution in [0, 0.1) is 32.1 Å². The van der Waals surface area contributed by atoms with Gasteiger partial charge in [-0.25, -0.2) is 9.67 Å². The average molecular weight is 578 g/mol. The fraction of sp³-hybridized carbons (Fsp3) is 0.156. The third kappa shape index (κ3) is 6.74. The van der Waals surface area contributed by atoms with Crippen molar-refractivity contribution in [3.8, 4) is 17.6 Å². The number of hydrogen-bond acceptors (Lipinski definition) is 7. The molecule has 0 aliphatic carbocycles. The zero-order valence-corrected chi connectivity index (χ0v) is 24.1. The maximum atomic E-state index is 13.4. The normalized spacial score (nSPS) is 10.6. The van der Waals surface area contributed by atoms with E-state index in [9.17, 15) is 4.79 Å². The molecule has 0 fully saturated rings. The Hall–Kier alpha value is -5.20. The number of hydrogen-bond donors (Lipinski definition) is 2. The standard InChI is InChI=1S/C32H28ClN7O2/c1-20-12-21(2)31(22(3)13-20)42-29-14-30(37-25-10-8-23(15-34)9-11-25)35-17-27(29)32(41)36-16-26-19-40(39-38-26)18-24-6-4-5-7-28(24)33/h4-14,17,19H,16,18H2,1-3H3,(H,35,37)(H,36,41). The number of carbonyl (C=O) groups is 1. The van der Waals surface area contributed by atoms with Gasteiger partial charge in [-0.1, -0.05) is 52.7 Å². The third-order valence-corrected chi connectivity index (χ3v) is 6.89. The largest absolute Gasteiger partial charge is 0.456 e. The molecule has 42 heavy (non-hydrogen) atoms. The van der Waals surface area contributed by atoms with Crippen LogP contribution in [0.4, 0.5) is 11.5 Å². The first-order valence-electron chi connectivity index (χ1n) is 13.2. The summed E-state index contributed by atoms with van der Waals surface area (Å²) in [6, 6.07) is 22.4. The van der Waals surface area contributed by atoms with Gasteiger partial charge in [0, 0.05) is 23.0 Å². The molecule has 0 aliphatic heterocycles. The summed E-state index contributed by atoms with van der Waals surface area (Å²) in [4.78, 5) is 17.8. The molecule has 0 saturated carbocycles. The van der Waals surface area contributed by atoms with Gasteiger partial charge in [0.1, 0.15) is 28.6 Å². The summed E-state index contributed by atoms with van der Waals surface area (Å²) in [6.07, 6.45) is 3.24. The highest BCUT2D eigenvalue weighted by Gasteiger charge is 2.18. The van der Waals surface area contributed by atoms with Gasteiger partial charge in [0.2, 0.25) is 0 Å². The van der Waals surface area contributed by atoms with E-state index >= 15 is 0 Å². The smallest absolute Gasteiger partial charge is 0.256 e. The van der Waals surface area contributed by atoms with Crippen molar-refractivity contribution in [1.82, 2.24) is 25.3 Å². The second-order valence-corrected chi connectivity index (χ2v) is 10.3. The van der Waals surface area contributed by atoms with E-state index < -0.39 is 0 Å². The lowest BCUT2D eigenvalue weighted by atomic mass is 10.1. The molecule has 3 aromatic carbocycles. The summed E-state index contributed by atoms with van der Waals surface area (Å²) >= 11 is 6.27. The molecule has 10 heteroatoms. The first-order valence-corrected chi connectivity index (χ1v) is 13.6. The maximum Gasteiger partial charge on any atom is 0.256 e. The third-order valence-electron chi connectivity index (χ3n) is 6.52. The number of aromatic nitrogens is 4. The molecular formula is C32H28ClN7O2. The van der Waals surface area contributed by atoms with Crippen molar-refractivity contribution in [3.63, 3.8) is 0 Å². The van der Waals surface area contributed by atoms with Gasteiger partial charge in [-0.3, -0.25) is 4.79 Å². The number of carbonyl (C=O) groups excluding carboxylic acids is 1. The minimum absolute atomic E-state index is 0.161. The number of ether oxygens (including phenoxy) is 1. The van der Waals surface area contributed by atoms with Gasteiger partial charge >= 0.3 is 0 Å². The Morgan fingerprint density at radius 3 is 2.50 bits per heavy atom. The van der Waals surface area contributed by atoms with Crippen LogP contribution in [0.15, 0.2) is 79.1 Å². The van der Waals surface area contributed by atoms with E-state index in [4.69, 9.17) is 21.6 Å². The molecule has 0 spiro atoms. The Morgan fingerprint density at radius 2 is 1.79 bits per heavy atom. The lowest BCUT2D eigenvalue weighted by Gasteiger charge is -2.16. The molecule has 0 aliphatic rings. The molecule has 2 heterocycles. The van der Waals surface area contributed by atoms with Crippen LogP contribution >= 0.6 is 11.6 Å². The van der Waals surface area contributed by atoms with Crippen LogP contribution < -0.4 is 15.4 Å². The number of rotatable bonds is 9. The summed E-state index contributed by atoms with van der Waals surface area (Å²) in [6.45, 7) is 6.59. The predicted molar refractivity (Wildman–Crippen MR) is 161 cm³/mol. The molecule has 2 aromatic heterocycles. The Kier molecular flexibility index (Phi) is 8.46. The molecular weight excluding hydrogens is 550 g/mol. The summed E-state index contributed by atoms with van der Waals surface area (Å²) in [7, 11) is 0. The number of pyridine rings is 1. The van der Waals surface area contributed by atoms with Crippen molar-refractivity contribution >= 4 is 29.0 Å². The molecule has 2 N–H and O–H groups in total. The van der Waals surface area contributed by atoms with E-state index in [2.05, 4.69) is 32.0 Å². The first-order chi connectivity index (χ1) is 20.3. The van der Waals surface area contributed by atoms with Crippen molar-refractivity contribution in [2.45, 2.75) is 33.9 Å². The number of benzene rings is 3. The fourth-order valence-electron chi connectivity index (χ4n) is 4.54. The van der Waals surface area contributed by atoms with Crippen molar-refractivity contribution in [2.24, 2.45) is 0 Å². The van der Waals surface area contributed by atoms with E-state index in [-0.39, 0.29) is 18.0 Å². The fourth-order valence-corrected chi connectivity index (χ4v) is 4.73. The molecule has 210 valence electrons. The van der Waals surface area contributed by atoms with Gasteiger partial charge in [-0.2, -0.15) is 5.26 Å². The van der Waals surface area contributed by atoms with E-state index in [1.54, 1.807) is 41.2 Å². The van der Waals surface area contributed by atoms with Crippen molar-refractivity contribution < 1.29 is 9.53 Å². The van der Waals surface area contributed by atoms with E-state index in [0.29, 0.717) is 40.1 Å². The highest BCUT2D eigenvalue weighted by atomic mass is 35.5. The molecule has 0 radical (unpaired) electrons. The molecule has 5 rings (SSSR count). The Bertz CT molecular complexity index is 1770. The van der Waals surface area contributed by atoms with E-state index in [1.807, 2.05) is 57.2 Å². The molecule has 9 nitrogen and oxygen atoms in total. The van der Waals surface area contributed by atoms with Gasteiger partial charge in [-0.05, 0) is 67.8 Å². The number of anilines is 2. The Balaban J connectivity index is 1.36. The summed E-state index contributed by atoms with van der Waals surface area (Å²) in [5, 5.41) is 24.2. The molecule has 0 bridgehead atoms. The van der Waals surface area contributed by atoms with Gasteiger partial charge in [0.05, 0.1) is 30.9 Å². The number of nitrogens with zero attached hydrogens (tertiary/aromatic N) is 5. The quantitative estimate of drug-likeness (QED) is 0.202. The molecule has 5 aromatic rings. The Morgan fingerprint density at radius 1 is 1.05 bits per heavy atom. The zero-order valence-electron chi connectivity index (χ0n) is 23.4. The van der Waals surface area contributed by atoms with Crippen LogP contribution in [0.2, 0.25) is 5.02 Å². The van der Waals surface area contributed by atoms with Crippen molar-refractivity contribution in [2.75, 3.05) is 5.32 Å². The average Bonchev–Trinajstić information content (AvgIpc) is 3.42. The molecule has 0 atom stereocenters.